The Morgan fingerprint density at radius 1 is 0.618 bits per heavy atom. The van der Waals surface area contributed by atoms with Gasteiger partial charge in [-0.05, 0) is 61.4 Å². The fourth-order valence-corrected chi connectivity index (χ4v) is 3.70. The Hall–Kier alpha value is -5.02. The number of carbonyl (C=O) groups excluding carboxylic acids is 2. The van der Waals surface area contributed by atoms with E-state index in [0.29, 0.717) is 48.2 Å². The van der Waals surface area contributed by atoms with Crippen LogP contribution in [0.15, 0.2) is 97.1 Å². The van der Waals surface area contributed by atoms with Crippen molar-refractivity contribution in [2.75, 3.05) is 12.5 Å². The quantitative estimate of drug-likeness (QED) is 0.100. The van der Waals surface area contributed by atoms with Crippen molar-refractivity contribution in [1.29, 1.82) is 0 Å². The molecule has 0 aliphatic carbocycles. The molecule has 4 aromatic rings. The Balaban J connectivity index is 0.000000839. The standard InChI is InChI=1S/2C17H19FN2O2.2CH4O3S.H2O/c2*1-12(17(19)21)20-10-13-6-8-15(9-7-13)22-11-14-4-2-3-5-16(14)18;2*1-5(2,3)4;/h2*2-9,12,20H,10-11H2,1H3,(H2,19,21);2*1H3,(H,2,3,4);1H2/t2*12-;;;/m11.../s1. The molecule has 0 saturated carbocycles. The zero-order valence-corrected chi connectivity index (χ0v) is 32.2. The van der Waals surface area contributed by atoms with Gasteiger partial charge in [0.2, 0.25) is 11.8 Å². The molecule has 0 aliphatic rings. The number of carbonyl (C=O) groups is 2. The molecule has 0 heterocycles. The molecule has 10 N–H and O–H groups in total. The van der Waals surface area contributed by atoms with Gasteiger partial charge in [-0.2, -0.15) is 16.8 Å². The summed E-state index contributed by atoms with van der Waals surface area (Å²) < 4.78 is 89.8. The topological polar surface area (TPSA) is 269 Å². The average Bonchev–Trinajstić information content (AvgIpc) is 3.08. The summed E-state index contributed by atoms with van der Waals surface area (Å²) in [4.78, 5) is 21.9. The summed E-state index contributed by atoms with van der Waals surface area (Å²) in [7, 11) is -7.33. The van der Waals surface area contributed by atoms with Crippen LogP contribution >= 0.6 is 0 Å². The lowest BCUT2D eigenvalue weighted by atomic mass is 10.2. The maximum atomic E-state index is 13.5. The van der Waals surface area contributed by atoms with Crippen molar-refractivity contribution in [2.45, 2.75) is 52.2 Å². The minimum atomic E-state index is -3.67. The number of nitrogens with one attached hydrogen (secondary N) is 2. The third-order valence-electron chi connectivity index (χ3n) is 6.63. The van der Waals surface area contributed by atoms with E-state index >= 15 is 0 Å². The molecule has 19 heteroatoms. The first kappa shape index (κ1) is 50.0. The van der Waals surface area contributed by atoms with Gasteiger partial charge in [0.25, 0.3) is 20.2 Å². The molecule has 4 rings (SSSR count). The summed E-state index contributed by atoms with van der Waals surface area (Å²) in [6.45, 7) is 4.88. The lowest BCUT2D eigenvalue weighted by Gasteiger charge is -2.11. The predicted octanol–water partition coefficient (Wildman–Crippen LogP) is 2.92. The number of ether oxygens (including phenoxy) is 2. The van der Waals surface area contributed by atoms with Crippen LogP contribution in [0.2, 0.25) is 0 Å². The molecule has 0 aromatic heterocycles. The number of nitrogens with two attached hydrogens (primary N) is 2. The lowest BCUT2D eigenvalue weighted by molar-refractivity contribution is -0.120. The van der Waals surface area contributed by atoms with Crippen LogP contribution in [0.25, 0.3) is 0 Å². The second-order valence-corrected chi connectivity index (χ2v) is 14.5. The van der Waals surface area contributed by atoms with E-state index in [1.54, 1.807) is 50.2 Å². The number of halogens is 2. The molecule has 4 aromatic carbocycles. The predicted molar refractivity (Wildman–Crippen MR) is 204 cm³/mol. The first-order valence-electron chi connectivity index (χ1n) is 15.9. The third-order valence-corrected chi connectivity index (χ3v) is 6.63. The molecule has 0 bridgehead atoms. The van der Waals surface area contributed by atoms with Crippen LogP contribution in [-0.4, -0.2) is 67.8 Å². The fourth-order valence-electron chi connectivity index (χ4n) is 3.70. The smallest absolute Gasteiger partial charge is 0.261 e. The lowest BCUT2D eigenvalue weighted by Crippen LogP contribution is -2.38. The van der Waals surface area contributed by atoms with E-state index < -0.39 is 20.2 Å². The summed E-state index contributed by atoms with van der Waals surface area (Å²) in [5, 5.41) is 6.04. The normalized spacial score (nSPS) is 11.6. The zero-order valence-electron chi connectivity index (χ0n) is 30.6. The van der Waals surface area contributed by atoms with Crippen LogP contribution < -0.4 is 31.6 Å². The Bertz CT molecular complexity index is 1810. The zero-order chi connectivity index (χ0) is 40.9. The summed E-state index contributed by atoms with van der Waals surface area (Å²) in [6.07, 6.45) is 1.43. The van der Waals surface area contributed by atoms with E-state index in [9.17, 15) is 35.2 Å². The van der Waals surface area contributed by atoms with Crippen LogP contribution in [-0.2, 0) is 56.1 Å². The Morgan fingerprint density at radius 2 is 0.891 bits per heavy atom. The summed E-state index contributed by atoms with van der Waals surface area (Å²) in [5.41, 5.74) is 13.4. The molecule has 0 aliphatic heterocycles. The number of rotatable bonds is 14. The highest BCUT2D eigenvalue weighted by molar-refractivity contribution is 7.85. The largest absolute Gasteiger partial charge is 0.489 e. The minimum Gasteiger partial charge on any atom is -0.489 e. The van der Waals surface area contributed by atoms with Crippen molar-refractivity contribution >= 4 is 32.1 Å². The maximum Gasteiger partial charge on any atom is 0.261 e. The van der Waals surface area contributed by atoms with E-state index in [2.05, 4.69) is 10.6 Å². The molecule has 0 fully saturated rings. The number of benzene rings is 4. The molecule has 0 unspecified atom stereocenters. The van der Waals surface area contributed by atoms with Crippen LogP contribution in [0.5, 0.6) is 11.5 Å². The first-order chi connectivity index (χ1) is 25.1. The van der Waals surface area contributed by atoms with E-state index in [1.165, 1.54) is 12.1 Å². The van der Waals surface area contributed by atoms with Crippen LogP contribution in [0.3, 0.4) is 0 Å². The Labute approximate surface area is 319 Å². The molecule has 304 valence electrons. The van der Waals surface area contributed by atoms with Crippen molar-refractivity contribution in [3.63, 3.8) is 0 Å². The second kappa shape index (κ2) is 25.1. The Morgan fingerprint density at radius 3 is 1.15 bits per heavy atom. The number of hydrogen-bond acceptors (Lipinski definition) is 10. The molecular formula is C36H48F2N4O11S2. The number of primary amides is 2. The van der Waals surface area contributed by atoms with Crippen molar-refractivity contribution in [3.05, 3.63) is 131 Å². The molecule has 15 nitrogen and oxygen atoms in total. The molecule has 2 atom stereocenters. The van der Waals surface area contributed by atoms with Crippen molar-refractivity contribution in [2.24, 2.45) is 11.5 Å². The molecule has 0 radical (unpaired) electrons. The fraction of sp³-hybridized carbons (Fsp3) is 0.278. The van der Waals surface area contributed by atoms with Crippen molar-refractivity contribution in [1.82, 2.24) is 10.6 Å². The van der Waals surface area contributed by atoms with Gasteiger partial charge in [-0.25, -0.2) is 8.78 Å². The van der Waals surface area contributed by atoms with Crippen molar-refractivity contribution < 1.29 is 59.3 Å². The van der Waals surface area contributed by atoms with Gasteiger partial charge in [-0.3, -0.25) is 18.7 Å². The Kier molecular flexibility index (Phi) is 22.8. The number of amides is 2. The van der Waals surface area contributed by atoms with Gasteiger partial charge in [0.15, 0.2) is 0 Å². The van der Waals surface area contributed by atoms with Gasteiger partial charge < -0.3 is 37.1 Å². The van der Waals surface area contributed by atoms with Crippen LogP contribution in [0.1, 0.15) is 36.1 Å². The molecule has 2 amide bonds. The molecule has 0 spiro atoms. The monoisotopic (exact) mass is 814 g/mol. The molecule has 55 heavy (non-hydrogen) atoms. The highest BCUT2D eigenvalue weighted by Gasteiger charge is 2.09. The number of hydrogen-bond donors (Lipinski definition) is 6. The van der Waals surface area contributed by atoms with Gasteiger partial charge in [0, 0.05) is 24.2 Å². The van der Waals surface area contributed by atoms with Gasteiger partial charge in [0.1, 0.15) is 36.3 Å². The second-order valence-electron chi connectivity index (χ2n) is 11.5. The highest BCUT2D eigenvalue weighted by atomic mass is 32.2. The molecular weight excluding hydrogens is 767 g/mol. The van der Waals surface area contributed by atoms with E-state index in [-0.39, 0.29) is 54.2 Å². The van der Waals surface area contributed by atoms with Crippen LogP contribution in [0, 0.1) is 11.6 Å². The van der Waals surface area contributed by atoms with Gasteiger partial charge in [0.05, 0.1) is 24.6 Å². The minimum absolute atomic E-state index is 0. The third kappa shape index (κ3) is 25.6. The van der Waals surface area contributed by atoms with E-state index in [4.69, 9.17) is 30.0 Å². The van der Waals surface area contributed by atoms with Crippen molar-refractivity contribution in [3.8, 4) is 11.5 Å². The highest BCUT2D eigenvalue weighted by Crippen LogP contribution is 2.17. The maximum absolute atomic E-state index is 13.5. The van der Waals surface area contributed by atoms with Gasteiger partial charge in [-0.1, -0.05) is 60.7 Å². The van der Waals surface area contributed by atoms with Crippen LogP contribution in [0.4, 0.5) is 8.78 Å². The average molecular weight is 815 g/mol. The van der Waals surface area contributed by atoms with Gasteiger partial charge in [-0.15, -0.1) is 0 Å². The summed E-state index contributed by atoms with van der Waals surface area (Å²) >= 11 is 0. The van der Waals surface area contributed by atoms with Gasteiger partial charge >= 0.3 is 0 Å². The molecule has 0 saturated heterocycles. The van der Waals surface area contributed by atoms with E-state index in [0.717, 1.165) is 11.1 Å². The summed E-state index contributed by atoms with van der Waals surface area (Å²) in [5.74, 6) is 0.00658. The SMILES string of the molecule is CS(=O)(=O)O.CS(=O)(=O)O.C[C@@H](NCc1ccc(OCc2ccccc2F)cc1)C(N)=O.C[C@@H](NCc1ccc(OCc2ccccc2F)cc1)C(N)=O.O. The van der Waals surface area contributed by atoms with E-state index in [1.807, 2.05) is 48.5 Å². The first-order valence-corrected chi connectivity index (χ1v) is 19.6. The summed E-state index contributed by atoms with van der Waals surface area (Å²) in [6, 6.07) is 27.1.